The van der Waals surface area contributed by atoms with E-state index in [1.807, 2.05) is 23.2 Å². The summed E-state index contributed by atoms with van der Waals surface area (Å²) in [4.78, 5) is 30.2. The summed E-state index contributed by atoms with van der Waals surface area (Å²) in [7, 11) is 0. The molecule has 1 aliphatic carbocycles. The highest BCUT2D eigenvalue weighted by atomic mass is 16.2. The minimum absolute atomic E-state index is 0.0354. The van der Waals surface area contributed by atoms with Crippen LogP contribution in [0.4, 0.5) is 0 Å². The van der Waals surface area contributed by atoms with Crippen molar-refractivity contribution in [3.63, 3.8) is 0 Å². The van der Waals surface area contributed by atoms with E-state index in [0.717, 1.165) is 31.4 Å². The smallest absolute Gasteiger partial charge is 0.226 e. The number of H-pyrrole nitrogens is 1. The van der Waals surface area contributed by atoms with Crippen LogP contribution in [0.3, 0.4) is 0 Å². The molecule has 3 atom stereocenters. The minimum atomic E-state index is -0.122. The number of rotatable bonds is 5. The number of aromatic nitrogens is 1. The van der Waals surface area contributed by atoms with Crippen molar-refractivity contribution in [2.24, 2.45) is 17.8 Å². The summed E-state index contributed by atoms with van der Waals surface area (Å²) >= 11 is 0. The molecule has 1 aromatic carbocycles. The first kappa shape index (κ1) is 17.1. The van der Waals surface area contributed by atoms with Crippen LogP contribution in [0.5, 0.6) is 0 Å². The molecule has 2 aliphatic rings. The van der Waals surface area contributed by atoms with Crippen LogP contribution in [-0.2, 0) is 16.0 Å². The average Bonchev–Trinajstić information content (AvgIpc) is 3.36. The van der Waals surface area contributed by atoms with Crippen molar-refractivity contribution in [1.29, 1.82) is 0 Å². The van der Waals surface area contributed by atoms with Crippen LogP contribution in [0.25, 0.3) is 10.9 Å². The van der Waals surface area contributed by atoms with Gasteiger partial charge in [-0.25, -0.2) is 0 Å². The van der Waals surface area contributed by atoms with Gasteiger partial charge in [0.25, 0.3) is 0 Å². The van der Waals surface area contributed by atoms with Crippen LogP contribution in [0, 0.1) is 17.8 Å². The highest BCUT2D eigenvalue weighted by Crippen LogP contribution is 2.40. The lowest BCUT2D eigenvalue weighted by atomic mass is 10.00. The van der Waals surface area contributed by atoms with Gasteiger partial charge in [-0.3, -0.25) is 9.59 Å². The van der Waals surface area contributed by atoms with E-state index in [1.165, 1.54) is 17.4 Å². The highest BCUT2D eigenvalue weighted by Gasteiger charge is 2.49. The number of benzene rings is 1. The molecule has 2 aromatic rings. The van der Waals surface area contributed by atoms with E-state index in [2.05, 4.69) is 29.4 Å². The molecule has 2 fully saturated rings. The van der Waals surface area contributed by atoms with Gasteiger partial charge in [0.2, 0.25) is 11.8 Å². The third-order valence-corrected chi connectivity index (χ3v) is 5.78. The molecule has 1 saturated heterocycles. The Morgan fingerprint density at radius 3 is 2.96 bits per heavy atom. The first-order chi connectivity index (χ1) is 12.6. The van der Waals surface area contributed by atoms with Crippen molar-refractivity contribution < 1.29 is 9.59 Å². The number of hydrogen-bond acceptors (Lipinski definition) is 2. The second-order valence-electron chi connectivity index (χ2n) is 7.88. The number of hydrogen-bond donors (Lipinski definition) is 2. The van der Waals surface area contributed by atoms with Gasteiger partial charge in [-0.15, -0.1) is 0 Å². The summed E-state index contributed by atoms with van der Waals surface area (Å²) in [6.07, 6.45) is 5.80. The summed E-state index contributed by atoms with van der Waals surface area (Å²) in [5.41, 5.74) is 2.34. The third kappa shape index (κ3) is 3.48. The van der Waals surface area contributed by atoms with Gasteiger partial charge in [0.05, 0.1) is 11.8 Å². The van der Waals surface area contributed by atoms with Gasteiger partial charge >= 0.3 is 0 Å². The minimum Gasteiger partial charge on any atom is -0.361 e. The van der Waals surface area contributed by atoms with Gasteiger partial charge in [-0.05, 0) is 43.2 Å². The molecule has 4 rings (SSSR count). The van der Waals surface area contributed by atoms with Gasteiger partial charge in [0, 0.05) is 36.7 Å². The number of para-hydroxylation sites is 1. The average molecular weight is 353 g/mol. The van der Waals surface area contributed by atoms with Gasteiger partial charge in [0.15, 0.2) is 0 Å². The Balaban J connectivity index is 1.25. The number of nitrogens with one attached hydrogen (secondary N) is 2. The maximum Gasteiger partial charge on any atom is 0.226 e. The van der Waals surface area contributed by atoms with E-state index in [4.69, 9.17) is 0 Å². The van der Waals surface area contributed by atoms with Crippen LogP contribution in [0.1, 0.15) is 31.7 Å². The number of aromatic amines is 1. The van der Waals surface area contributed by atoms with E-state index in [1.54, 1.807) is 0 Å². The van der Waals surface area contributed by atoms with E-state index >= 15 is 0 Å². The fourth-order valence-corrected chi connectivity index (χ4v) is 4.17. The van der Waals surface area contributed by atoms with E-state index in [-0.39, 0.29) is 23.7 Å². The van der Waals surface area contributed by atoms with Gasteiger partial charge in [-0.1, -0.05) is 25.1 Å². The SMILES string of the molecule is CC1CCCN(C(=O)C2CC2C(=O)NCCc2c[nH]c3ccccc23)C1. The van der Waals surface area contributed by atoms with Crippen molar-refractivity contribution in [1.82, 2.24) is 15.2 Å². The molecule has 0 radical (unpaired) electrons. The predicted octanol–water partition coefficient (Wildman–Crippen LogP) is 2.72. The number of nitrogens with zero attached hydrogens (tertiary/aromatic N) is 1. The molecule has 138 valence electrons. The second kappa shape index (κ2) is 7.14. The van der Waals surface area contributed by atoms with Crippen LogP contribution in [0.15, 0.2) is 30.5 Å². The Hall–Kier alpha value is -2.30. The number of fused-ring (bicyclic) bond motifs is 1. The largest absolute Gasteiger partial charge is 0.361 e. The molecule has 2 heterocycles. The van der Waals surface area contributed by atoms with E-state index in [9.17, 15) is 9.59 Å². The first-order valence-electron chi connectivity index (χ1n) is 9.75. The molecule has 5 heteroatoms. The van der Waals surface area contributed by atoms with Crippen molar-refractivity contribution >= 4 is 22.7 Å². The van der Waals surface area contributed by atoms with Gasteiger partial charge in [0.1, 0.15) is 0 Å². The lowest BCUT2D eigenvalue weighted by molar-refractivity contribution is -0.136. The van der Waals surface area contributed by atoms with Crippen LogP contribution in [0.2, 0.25) is 0 Å². The molecule has 0 spiro atoms. The third-order valence-electron chi connectivity index (χ3n) is 5.78. The lowest BCUT2D eigenvalue weighted by Crippen LogP contribution is -2.41. The van der Waals surface area contributed by atoms with E-state index < -0.39 is 0 Å². The maximum atomic E-state index is 12.6. The summed E-state index contributed by atoms with van der Waals surface area (Å²) in [5.74, 6) is 0.590. The van der Waals surface area contributed by atoms with Crippen LogP contribution in [-0.4, -0.2) is 41.3 Å². The molecule has 2 N–H and O–H groups in total. The molecular weight excluding hydrogens is 326 g/mol. The molecule has 3 unspecified atom stereocenters. The molecule has 1 aliphatic heterocycles. The molecule has 5 nitrogen and oxygen atoms in total. The number of likely N-dealkylation sites (tertiary alicyclic amines) is 1. The molecule has 0 bridgehead atoms. The highest BCUT2D eigenvalue weighted by molar-refractivity contribution is 5.92. The number of amides is 2. The standard InChI is InChI=1S/C21H27N3O2/c1-14-5-4-10-24(13-14)21(26)18-11-17(18)20(25)22-9-8-15-12-23-19-7-3-2-6-16(15)19/h2-3,6-7,12,14,17-18,23H,4-5,8-11,13H2,1H3,(H,22,25). The zero-order valence-electron chi connectivity index (χ0n) is 15.3. The number of carbonyl (C=O) groups is 2. The molecule has 26 heavy (non-hydrogen) atoms. The number of piperidine rings is 1. The Bertz CT molecular complexity index is 812. The van der Waals surface area contributed by atoms with Crippen molar-refractivity contribution in [2.75, 3.05) is 19.6 Å². The van der Waals surface area contributed by atoms with Gasteiger partial charge in [-0.2, -0.15) is 0 Å². The Labute approximate surface area is 154 Å². The second-order valence-corrected chi connectivity index (χ2v) is 7.88. The summed E-state index contributed by atoms with van der Waals surface area (Å²) in [5, 5.41) is 4.23. The molecule has 2 amide bonds. The lowest BCUT2D eigenvalue weighted by Gasteiger charge is -2.31. The monoisotopic (exact) mass is 353 g/mol. The zero-order valence-corrected chi connectivity index (χ0v) is 15.3. The molecular formula is C21H27N3O2. The normalized spacial score (nSPS) is 25.3. The summed E-state index contributed by atoms with van der Waals surface area (Å²) in [6, 6.07) is 8.19. The van der Waals surface area contributed by atoms with Gasteiger partial charge < -0.3 is 15.2 Å². The van der Waals surface area contributed by atoms with E-state index in [0.29, 0.717) is 18.9 Å². The topological polar surface area (TPSA) is 65.2 Å². The van der Waals surface area contributed by atoms with Crippen molar-refractivity contribution in [3.05, 3.63) is 36.0 Å². The molecule has 1 aromatic heterocycles. The Kier molecular flexibility index (Phi) is 4.70. The summed E-state index contributed by atoms with van der Waals surface area (Å²) < 4.78 is 0. The van der Waals surface area contributed by atoms with Crippen molar-refractivity contribution in [3.8, 4) is 0 Å². The van der Waals surface area contributed by atoms with Crippen LogP contribution < -0.4 is 5.32 Å². The quantitative estimate of drug-likeness (QED) is 0.868. The zero-order chi connectivity index (χ0) is 18.1. The first-order valence-corrected chi connectivity index (χ1v) is 9.75. The summed E-state index contributed by atoms with van der Waals surface area (Å²) in [6.45, 7) is 4.51. The Morgan fingerprint density at radius 1 is 1.27 bits per heavy atom. The van der Waals surface area contributed by atoms with Crippen molar-refractivity contribution in [2.45, 2.75) is 32.6 Å². The maximum absolute atomic E-state index is 12.6. The fraction of sp³-hybridized carbons (Fsp3) is 0.524. The molecule has 1 saturated carbocycles. The predicted molar refractivity (Wildman–Crippen MR) is 102 cm³/mol. The van der Waals surface area contributed by atoms with Crippen LogP contribution >= 0.6 is 0 Å². The fourth-order valence-electron chi connectivity index (χ4n) is 4.17. The number of carbonyl (C=O) groups excluding carboxylic acids is 2. The Morgan fingerprint density at radius 2 is 2.12 bits per heavy atom.